The van der Waals surface area contributed by atoms with Crippen LogP contribution in [0.1, 0.15) is 47.0 Å². The highest BCUT2D eigenvalue weighted by Gasteiger charge is 2.05. The van der Waals surface area contributed by atoms with Crippen molar-refractivity contribution in [1.82, 2.24) is 0 Å². The first-order valence-corrected chi connectivity index (χ1v) is 5.02. The molecule has 0 saturated heterocycles. The minimum absolute atomic E-state index is 0.212. The molecule has 0 aromatic carbocycles. The standard InChI is InChI=1S/C12H20O/c1-5-8-11(9-6-2)12(7-3)10(4)13/h5,8H,6-7,9H2,1-4H3/b8-5-,12-11+. The summed E-state index contributed by atoms with van der Waals surface area (Å²) in [5, 5.41) is 0. The zero-order valence-corrected chi connectivity index (χ0v) is 9.18. The van der Waals surface area contributed by atoms with Crippen molar-refractivity contribution in [3.8, 4) is 0 Å². The van der Waals surface area contributed by atoms with E-state index in [2.05, 4.69) is 13.0 Å². The van der Waals surface area contributed by atoms with E-state index in [-0.39, 0.29) is 5.78 Å². The van der Waals surface area contributed by atoms with Gasteiger partial charge in [-0.3, -0.25) is 4.79 Å². The van der Waals surface area contributed by atoms with Crippen LogP contribution < -0.4 is 0 Å². The second-order valence-electron chi connectivity index (χ2n) is 3.16. The Kier molecular flexibility index (Phi) is 6.21. The maximum Gasteiger partial charge on any atom is 0.156 e. The first-order valence-electron chi connectivity index (χ1n) is 5.02. The van der Waals surface area contributed by atoms with Crippen molar-refractivity contribution >= 4 is 5.78 Å². The summed E-state index contributed by atoms with van der Waals surface area (Å²) >= 11 is 0. The van der Waals surface area contributed by atoms with E-state index < -0.39 is 0 Å². The zero-order valence-electron chi connectivity index (χ0n) is 9.18. The quantitative estimate of drug-likeness (QED) is 0.466. The summed E-state index contributed by atoms with van der Waals surface area (Å²) in [6, 6.07) is 0. The highest BCUT2D eigenvalue weighted by Crippen LogP contribution is 2.16. The van der Waals surface area contributed by atoms with E-state index >= 15 is 0 Å². The van der Waals surface area contributed by atoms with E-state index in [1.807, 2.05) is 19.9 Å². The number of carbonyl (C=O) groups is 1. The molecule has 0 fully saturated rings. The van der Waals surface area contributed by atoms with E-state index in [4.69, 9.17) is 0 Å². The van der Waals surface area contributed by atoms with Crippen LogP contribution in [0.5, 0.6) is 0 Å². The van der Waals surface area contributed by atoms with Crippen molar-refractivity contribution in [3.63, 3.8) is 0 Å². The molecule has 0 aromatic rings. The van der Waals surface area contributed by atoms with Gasteiger partial charge in [-0.15, -0.1) is 0 Å². The fourth-order valence-corrected chi connectivity index (χ4v) is 1.51. The van der Waals surface area contributed by atoms with Gasteiger partial charge in [0.1, 0.15) is 0 Å². The third kappa shape index (κ3) is 4.07. The molecule has 0 amide bonds. The molecule has 0 aliphatic heterocycles. The molecule has 0 heterocycles. The number of hydrogen-bond acceptors (Lipinski definition) is 1. The van der Waals surface area contributed by atoms with Crippen molar-refractivity contribution in [2.75, 3.05) is 0 Å². The number of ketones is 1. The maximum absolute atomic E-state index is 11.3. The van der Waals surface area contributed by atoms with Crippen molar-refractivity contribution in [2.45, 2.75) is 47.0 Å². The zero-order chi connectivity index (χ0) is 10.3. The second-order valence-corrected chi connectivity index (χ2v) is 3.16. The molecule has 0 aliphatic carbocycles. The van der Waals surface area contributed by atoms with Crippen molar-refractivity contribution in [3.05, 3.63) is 23.3 Å². The lowest BCUT2D eigenvalue weighted by Gasteiger charge is -2.06. The molecule has 1 nitrogen and oxygen atoms in total. The lowest BCUT2D eigenvalue weighted by Crippen LogP contribution is -1.99. The fourth-order valence-electron chi connectivity index (χ4n) is 1.51. The second kappa shape index (κ2) is 6.64. The summed E-state index contributed by atoms with van der Waals surface area (Å²) in [5.74, 6) is 0.212. The highest BCUT2D eigenvalue weighted by atomic mass is 16.1. The smallest absolute Gasteiger partial charge is 0.156 e. The minimum atomic E-state index is 0.212. The minimum Gasteiger partial charge on any atom is -0.295 e. The molecule has 0 saturated carbocycles. The number of rotatable bonds is 5. The Hall–Kier alpha value is -0.850. The molecule has 0 unspecified atom stereocenters. The van der Waals surface area contributed by atoms with E-state index in [9.17, 15) is 4.79 Å². The molecular weight excluding hydrogens is 160 g/mol. The Morgan fingerprint density at radius 2 is 1.92 bits per heavy atom. The van der Waals surface area contributed by atoms with Crippen molar-refractivity contribution < 1.29 is 4.79 Å². The molecule has 0 rings (SSSR count). The highest BCUT2D eigenvalue weighted by molar-refractivity contribution is 5.94. The predicted molar refractivity (Wildman–Crippen MR) is 57.7 cm³/mol. The Morgan fingerprint density at radius 3 is 2.23 bits per heavy atom. The van der Waals surface area contributed by atoms with Gasteiger partial charge in [0, 0.05) is 0 Å². The molecule has 0 N–H and O–H groups in total. The van der Waals surface area contributed by atoms with Crippen LogP contribution in [0, 0.1) is 0 Å². The van der Waals surface area contributed by atoms with Gasteiger partial charge in [0.15, 0.2) is 5.78 Å². The summed E-state index contributed by atoms with van der Waals surface area (Å²) in [5.41, 5.74) is 2.19. The average Bonchev–Trinajstić information content (AvgIpc) is 2.05. The maximum atomic E-state index is 11.3. The lowest BCUT2D eigenvalue weighted by molar-refractivity contribution is -0.113. The van der Waals surface area contributed by atoms with Gasteiger partial charge in [-0.2, -0.15) is 0 Å². The fraction of sp³-hybridized carbons (Fsp3) is 0.583. The van der Waals surface area contributed by atoms with Crippen LogP contribution in [0.25, 0.3) is 0 Å². The van der Waals surface area contributed by atoms with Crippen LogP contribution in [-0.2, 0) is 4.79 Å². The topological polar surface area (TPSA) is 17.1 Å². The third-order valence-electron chi connectivity index (χ3n) is 2.05. The number of allylic oxidation sites excluding steroid dienone is 4. The molecule has 1 heteroatoms. The van der Waals surface area contributed by atoms with Gasteiger partial charge in [0.2, 0.25) is 0 Å². The molecule has 0 aliphatic rings. The van der Waals surface area contributed by atoms with Gasteiger partial charge in [0.05, 0.1) is 0 Å². The molecule has 0 radical (unpaired) electrons. The average molecular weight is 180 g/mol. The van der Waals surface area contributed by atoms with E-state index in [0.717, 1.165) is 24.8 Å². The summed E-state index contributed by atoms with van der Waals surface area (Å²) in [4.78, 5) is 11.3. The van der Waals surface area contributed by atoms with Crippen LogP contribution in [0.15, 0.2) is 23.3 Å². The first kappa shape index (κ1) is 12.2. The Labute approximate surface area is 81.5 Å². The van der Waals surface area contributed by atoms with Gasteiger partial charge < -0.3 is 0 Å². The number of Topliss-reactive ketones (excluding diaryl/α,β-unsaturated/α-hetero) is 1. The van der Waals surface area contributed by atoms with Gasteiger partial charge in [0.25, 0.3) is 0 Å². The normalized spacial score (nSPS) is 13.2. The Balaban J connectivity index is 4.87. The van der Waals surface area contributed by atoms with Gasteiger partial charge in [-0.25, -0.2) is 0 Å². The SMILES string of the molecule is C/C=C\C(CCC)=C(\CC)C(C)=O. The molecule has 0 spiro atoms. The van der Waals surface area contributed by atoms with Crippen LogP contribution in [0.4, 0.5) is 0 Å². The summed E-state index contributed by atoms with van der Waals surface area (Å²) in [7, 11) is 0. The molecule has 13 heavy (non-hydrogen) atoms. The summed E-state index contributed by atoms with van der Waals surface area (Å²) in [6.07, 6.45) is 7.01. The predicted octanol–water partition coefficient (Wildman–Crippen LogP) is 3.66. The Morgan fingerprint density at radius 1 is 1.31 bits per heavy atom. The van der Waals surface area contributed by atoms with Crippen LogP contribution in [0.2, 0.25) is 0 Å². The van der Waals surface area contributed by atoms with Gasteiger partial charge >= 0.3 is 0 Å². The van der Waals surface area contributed by atoms with Gasteiger partial charge in [-0.05, 0) is 37.8 Å². The molecule has 0 aromatic heterocycles. The van der Waals surface area contributed by atoms with Crippen LogP contribution >= 0.6 is 0 Å². The third-order valence-corrected chi connectivity index (χ3v) is 2.05. The van der Waals surface area contributed by atoms with Crippen LogP contribution in [0.3, 0.4) is 0 Å². The molecule has 0 atom stereocenters. The Bertz CT molecular complexity index is 221. The lowest BCUT2D eigenvalue weighted by atomic mass is 9.98. The van der Waals surface area contributed by atoms with Gasteiger partial charge in [-0.1, -0.05) is 32.4 Å². The largest absolute Gasteiger partial charge is 0.295 e. The summed E-state index contributed by atoms with van der Waals surface area (Å²) in [6.45, 7) is 7.81. The van der Waals surface area contributed by atoms with E-state index in [1.54, 1.807) is 6.92 Å². The monoisotopic (exact) mass is 180 g/mol. The van der Waals surface area contributed by atoms with Crippen molar-refractivity contribution in [2.24, 2.45) is 0 Å². The summed E-state index contributed by atoms with van der Waals surface area (Å²) < 4.78 is 0. The molecular formula is C12H20O. The van der Waals surface area contributed by atoms with Crippen molar-refractivity contribution in [1.29, 1.82) is 0 Å². The van der Waals surface area contributed by atoms with E-state index in [1.165, 1.54) is 5.57 Å². The molecule has 0 bridgehead atoms. The number of hydrogen-bond donors (Lipinski definition) is 0. The van der Waals surface area contributed by atoms with Crippen LogP contribution in [-0.4, -0.2) is 5.78 Å². The molecule has 74 valence electrons. The van der Waals surface area contributed by atoms with E-state index in [0.29, 0.717) is 0 Å². The number of carbonyl (C=O) groups excluding carboxylic acids is 1. The first-order chi connectivity index (χ1) is 6.17.